The van der Waals surface area contributed by atoms with Gasteiger partial charge in [0.2, 0.25) is 0 Å². The Hall–Kier alpha value is -2.52. The summed E-state index contributed by atoms with van der Waals surface area (Å²) >= 11 is 0. The Bertz CT molecular complexity index is 1010. The summed E-state index contributed by atoms with van der Waals surface area (Å²) in [7, 11) is 0. The molecule has 0 unspecified atom stereocenters. The van der Waals surface area contributed by atoms with Crippen LogP contribution in [0.3, 0.4) is 0 Å². The zero-order valence-corrected chi connectivity index (χ0v) is 24.6. The van der Waals surface area contributed by atoms with Gasteiger partial charge < -0.3 is 29.9 Å². The van der Waals surface area contributed by atoms with E-state index in [1.807, 2.05) is 13.0 Å². The lowest BCUT2D eigenvalue weighted by Gasteiger charge is -2.52. The van der Waals surface area contributed by atoms with E-state index < -0.39 is 35.5 Å². The molecular weight excluding hydrogens is 512 g/mol. The Balaban J connectivity index is 2.13. The Morgan fingerprint density at radius 3 is 2.38 bits per heavy atom. The highest BCUT2D eigenvalue weighted by molar-refractivity contribution is 5.81. The van der Waals surface area contributed by atoms with E-state index in [0.29, 0.717) is 37.2 Å². The highest BCUT2D eigenvalue weighted by Gasteiger charge is 2.51. The zero-order valence-electron chi connectivity index (χ0n) is 24.6. The molecule has 2 fully saturated rings. The maximum absolute atomic E-state index is 11.5. The number of rotatable bonds is 13. The molecule has 2 rings (SSSR count). The minimum absolute atomic E-state index is 0.0837. The molecule has 0 radical (unpaired) electrons. The maximum Gasteiger partial charge on any atom is 0.328 e. The Kier molecular flexibility index (Phi) is 13.0. The minimum Gasteiger partial charge on any atom is -0.478 e. The molecule has 40 heavy (non-hydrogen) atoms. The molecule has 2 heterocycles. The number of hydrogen-bond acceptors (Lipinski definition) is 6. The molecule has 8 heteroatoms. The molecule has 0 amide bonds. The van der Waals surface area contributed by atoms with Gasteiger partial charge in [-0.05, 0) is 51.0 Å². The molecule has 0 aromatic carbocycles. The van der Waals surface area contributed by atoms with E-state index >= 15 is 0 Å². The van der Waals surface area contributed by atoms with Gasteiger partial charge in [0.25, 0.3) is 0 Å². The number of ether oxygens (including phenoxy) is 2. The third-order valence-electron chi connectivity index (χ3n) is 7.95. The van der Waals surface area contributed by atoms with Crippen molar-refractivity contribution in [3.05, 3.63) is 59.8 Å². The van der Waals surface area contributed by atoms with Crippen molar-refractivity contribution >= 4 is 11.9 Å². The topological polar surface area (TPSA) is 134 Å². The summed E-state index contributed by atoms with van der Waals surface area (Å²) < 4.78 is 13.2. The van der Waals surface area contributed by atoms with Crippen LogP contribution < -0.4 is 0 Å². The number of allylic oxidation sites excluding steroid dienone is 4. The Morgan fingerprint density at radius 1 is 1.00 bits per heavy atom. The molecule has 2 aliphatic heterocycles. The van der Waals surface area contributed by atoms with Gasteiger partial charge in [-0.15, -0.1) is 0 Å². The molecule has 224 valence electrons. The van der Waals surface area contributed by atoms with Gasteiger partial charge in [-0.2, -0.15) is 0 Å². The van der Waals surface area contributed by atoms with Gasteiger partial charge in [-0.3, -0.25) is 0 Å². The molecule has 0 saturated carbocycles. The van der Waals surface area contributed by atoms with Crippen LogP contribution in [-0.2, 0) is 19.1 Å². The van der Waals surface area contributed by atoms with E-state index in [1.54, 1.807) is 32.1 Å². The van der Waals surface area contributed by atoms with E-state index in [4.69, 9.17) is 19.7 Å². The monoisotopic (exact) mass is 560 g/mol. The van der Waals surface area contributed by atoms with Gasteiger partial charge in [0.05, 0.1) is 17.8 Å². The zero-order chi connectivity index (χ0) is 29.9. The van der Waals surface area contributed by atoms with Crippen molar-refractivity contribution in [2.45, 2.75) is 116 Å². The number of carbonyl (C=O) groups is 2. The van der Waals surface area contributed by atoms with Gasteiger partial charge in [0.15, 0.2) is 5.79 Å². The number of carboxylic acid groups (broad SMARTS) is 2. The van der Waals surface area contributed by atoms with Crippen LogP contribution >= 0.6 is 0 Å². The predicted octanol–water partition coefficient (Wildman–Crippen LogP) is 5.72. The predicted molar refractivity (Wildman–Crippen MR) is 155 cm³/mol. The summed E-state index contributed by atoms with van der Waals surface area (Å²) in [5.41, 5.74) is 0.488. The van der Waals surface area contributed by atoms with Crippen molar-refractivity contribution in [2.75, 3.05) is 0 Å². The van der Waals surface area contributed by atoms with Crippen LogP contribution in [-0.4, -0.2) is 62.1 Å². The van der Waals surface area contributed by atoms with Crippen molar-refractivity contribution in [3.8, 4) is 0 Å². The molecule has 0 aromatic rings. The lowest BCUT2D eigenvalue weighted by atomic mass is 9.78. The van der Waals surface area contributed by atoms with Crippen molar-refractivity contribution in [2.24, 2.45) is 11.8 Å². The van der Waals surface area contributed by atoms with Crippen LogP contribution in [0.1, 0.15) is 86.0 Å². The fourth-order valence-corrected chi connectivity index (χ4v) is 5.18. The molecule has 1 spiro atoms. The minimum atomic E-state index is -1.04. The number of aliphatic hydroxyl groups is 2. The number of unbranched alkanes of at least 4 members (excludes halogenated alkanes) is 1. The third kappa shape index (κ3) is 10.5. The van der Waals surface area contributed by atoms with E-state index in [0.717, 1.165) is 43.4 Å². The SMILES string of the molecule is CCCC[C@@]1(O)CC[C@]2(CC[C@H](C)[C@@H](C/C=C(C)/C=C/[C@H](O)[C@@H](C)/C=C/C(=O)O)O2)O[C@H]1/C=C/C(C)=C/C(=O)O. The summed E-state index contributed by atoms with van der Waals surface area (Å²) in [5.74, 6) is -2.89. The quantitative estimate of drug-likeness (QED) is 0.166. The fraction of sp³-hybridized carbons (Fsp3) is 0.625. The second kappa shape index (κ2) is 15.5. The number of aliphatic carboxylic acids is 2. The van der Waals surface area contributed by atoms with Crippen molar-refractivity contribution in [1.29, 1.82) is 0 Å². The smallest absolute Gasteiger partial charge is 0.328 e. The highest BCUT2D eigenvalue weighted by atomic mass is 16.7. The lowest BCUT2D eigenvalue weighted by Crippen LogP contribution is -2.58. The van der Waals surface area contributed by atoms with Gasteiger partial charge in [-0.25, -0.2) is 9.59 Å². The van der Waals surface area contributed by atoms with Crippen LogP contribution in [0.4, 0.5) is 0 Å². The molecule has 2 saturated heterocycles. The molecule has 4 N–H and O–H groups in total. The Morgan fingerprint density at radius 2 is 1.73 bits per heavy atom. The Labute approximate surface area is 238 Å². The van der Waals surface area contributed by atoms with Crippen LogP contribution in [0.5, 0.6) is 0 Å². The van der Waals surface area contributed by atoms with E-state index in [1.165, 1.54) is 6.08 Å². The van der Waals surface area contributed by atoms with E-state index in [9.17, 15) is 19.8 Å². The first-order valence-corrected chi connectivity index (χ1v) is 14.4. The molecule has 7 atom stereocenters. The molecule has 0 aliphatic carbocycles. The first-order valence-electron chi connectivity index (χ1n) is 14.4. The van der Waals surface area contributed by atoms with E-state index in [-0.39, 0.29) is 12.0 Å². The van der Waals surface area contributed by atoms with Gasteiger partial charge in [-0.1, -0.05) is 75.6 Å². The molecule has 0 aromatic heterocycles. The van der Waals surface area contributed by atoms with Gasteiger partial charge >= 0.3 is 11.9 Å². The highest BCUT2D eigenvalue weighted by Crippen LogP contribution is 2.46. The molecule has 0 bridgehead atoms. The maximum atomic E-state index is 11.5. The summed E-state index contributed by atoms with van der Waals surface area (Å²) in [4.78, 5) is 21.7. The second-order valence-corrected chi connectivity index (χ2v) is 11.5. The van der Waals surface area contributed by atoms with Crippen molar-refractivity contribution in [3.63, 3.8) is 0 Å². The van der Waals surface area contributed by atoms with Gasteiger partial charge in [0, 0.05) is 30.9 Å². The average molecular weight is 561 g/mol. The van der Waals surface area contributed by atoms with Gasteiger partial charge in [0.1, 0.15) is 6.10 Å². The number of carboxylic acids is 2. The van der Waals surface area contributed by atoms with E-state index in [2.05, 4.69) is 19.9 Å². The summed E-state index contributed by atoms with van der Waals surface area (Å²) in [5, 5.41) is 39.6. The first-order chi connectivity index (χ1) is 18.8. The van der Waals surface area contributed by atoms with Crippen molar-refractivity contribution < 1.29 is 39.5 Å². The normalized spacial score (nSPS) is 31.8. The van der Waals surface area contributed by atoms with Crippen LogP contribution in [0.25, 0.3) is 0 Å². The fourth-order valence-electron chi connectivity index (χ4n) is 5.18. The third-order valence-corrected chi connectivity index (χ3v) is 7.95. The van der Waals surface area contributed by atoms with Crippen LogP contribution in [0.2, 0.25) is 0 Å². The average Bonchev–Trinajstić information content (AvgIpc) is 2.90. The summed E-state index contributed by atoms with van der Waals surface area (Å²) in [6.07, 6.45) is 17.0. The van der Waals surface area contributed by atoms with Crippen LogP contribution in [0, 0.1) is 11.8 Å². The number of hydrogen-bond donors (Lipinski definition) is 4. The standard InChI is InChI=1S/C32H48O8/c1-6-7-17-31(38)19-20-32(40-28(31)14-10-23(3)21-30(36)37)18-16-25(5)27(39-32)13-9-22(2)8-12-26(33)24(4)11-15-29(34)35/h8-12,14-15,21,24-28,33,38H,6-7,13,16-20H2,1-5H3,(H,34,35)(H,36,37)/b12-8+,14-10+,15-11+,22-9+,23-21+/t24-,25-,26-,27+,28-,31+,32-/m0/s1. The van der Waals surface area contributed by atoms with Crippen molar-refractivity contribution in [1.82, 2.24) is 0 Å². The number of aliphatic hydroxyl groups excluding tert-OH is 1. The summed E-state index contributed by atoms with van der Waals surface area (Å²) in [6, 6.07) is 0. The second-order valence-electron chi connectivity index (χ2n) is 11.5. The molecular formula is C32H48O8. The van der Waals surface area contributed by atoms with Crippen LogP contribution in [0.15, 0.2) is 59.8 Å². The largest absolute Gasteiger partial charge is 0.478 e. The molecule has 8 nitrogen and oxygen atoms in total. The first kappa shape index (κ1) is 33.7. The molecule has 2 aliphatic rings. The summed E-state index contributed by atoms with van der Waals surface area (Å²) in [6.45, 7) is 9.65. The lowest BCUT2D eigenvalue weighted by molar-refractivity contribution is -0.343.